The number of methoxy groups -OCH3 is 4. The summed E-state index contributed by atoms with van der Waals surface area (Å²) in [6.45, 7) is 6.13. The third-order valence-corrected chi connectivity index (χ3v) is 6.71. The van der Waals surface area contributed by atoms with Crippen LogP contribution in [0.5, 0.6) is 0 Å². The summed E-state index contributed by atoms with van der Waals surface area (Å²) in [5.41, 5.74) is 15.4. The van der Waals surface area contributed by atoms with Gasteiger partial charge in [0, 0.05) is 54.6 Å². The number of benzene rings is 4. The zero-order valence-electron chi connectivity index (χ0n) is 29.6. The van der Waals surface area contributed by atoms with Gasteiger partial charge in [-0.3, -0.25) is 0 Å². The molecule has 0 unspecified atom stereocenters. The highest BCUT2D eigenvalue weighted by Gasteiger charge is 1.95. The van der Waals surface area contributed by atoms with Crippen molar-refractivity contribution in [2.45, 2.75) is 60.0 Å². The van der Waals surface area contributed by atoms with Gasteiger partial charge in [-0.2, -0.15) is 0 Å². The van der Waals surface area contributed by atoms with Crippen LogP contribution in [0.2, 0.25) is 0 Å². The first kappa shape index (κ1) is 44.6. The molecule has 8 nitrogen and oxygen atoms in total. The van der Waals surface area contributed by atoms with Crippen molar-refractivity contribution in [3.05, 3.63) is 142 Å². The fraction of sp³-hybridized carbons (Fsp3) is 0.400. The minimum Gasteiger partial charge on any atom is -0.380 e. The summed E-state index contributed by atoms with van der Waals surface area (Å²) < 4.78 is 20.0. The zero-order chi connectivity index (χ0) is 34.5. The predicted molar refractivity (Wildman–Crippen MR) is 202 cm³/mol. The molecular formula is C40H62N4O4. The highest BCUT2D eigenvalue weighted by atomic mass is 16.5. The summed E-state index contributed by atoms with van der Waals surface area (Å²) >= 11 is 0. The molecule has 0 amide bonds. The summed E-state index contributed by atoms with van der Waals surface area (Å²) in [4.78, 5) is 0. The quantitative estimate of drug-likeness (QED) is 0.113. The number of hydrogen-bond acceptors (Lipinski definition) is 8. The van der Waals surface area contributed by atoms with Crippen LogP contribution in [0.25, 0.3) is 0 Å². The fourth-order valence-corrected chi connectivity index (χ4v) is 4.31. The maximum absolute atomic E-state index is 5.44. The molecule has 0 saturated carbocycles. The molecule has 0 atom stereocenters. The first-order chi connectivity index (χ1) is 23.0. The van der Waals surface area contributed by atoms with E-state index in [1.54, 1.807) is 28.4 Å². The summed E-state index contributed by atoms with van der Waals surface area (Å²) in [5, 5.41) is 9.34. The number of nitrogens with one attached hydrogen (secondary N) is 3. The van der Waals surface area contributed by atoms with Crippen molar-refractivity contribution < 1.29 is 18.9 Å². The Morgan fingerprint density at radius 3 is 0.729 bits per heavy atom. The van der Waals surface area contributed by atoms with Crippen LogP contribution in [0.3, 0.4) is 0 Å². The molecule has 4 aromatic carbocycles. The normalized spacial score (nSPS) is 9.92. The lowest BCUT2D eigenvalue weighted by Crippen LogP contribution is -2.07. The van der Waals surface area contributed by atoms with E-state index in [-0.39, 0.29) is 7.43 Å². The molecule has 0 aliphatic heterocycles. The molecular weight excluding hydrogens is 600 g/mol. The predicted octanol–water partition coefficient (Wildman–Crippen LogP) is 6.59. The first-order valence-corrected chi connectivity index (χ1v) is 15.9. The molecule has 0 bridgehead atoms. The molecule has 266 valence electrons. The van der Waals surface area contributed by atoms with Gasteiger partial charge in [0.05, 0.1) is 26.4 Å². The van der Waals surface area contributed by atoms with E-state index in [2.05, 4.69) is 88.7 Å². The minimum atomic E-state index is 0. The lowest BCUT2D eigenvalue weighted by molar-refractivity contribution is 0.182. The van der Waals surface area contributed by atoms with Gasteiger partial charge >= 0.3 is 0 Å². The average Bonchev–Trinajstić information content (AvgIpc) is 3.10. The average molecular weight is 663 g/mol. The largest absolute Gasteiger partial charge is 0.380 e. The van der Waals surface area contributed by atoms with Crippen LogP contribution in [0.15, 0.2) is 97.1 Å². The summed E-state index contributed by atoms with van der Waals surface area (Å²) in [6, 6.07) is 33.4. The van der Waals surface area contributed by atoms with Crippen LogP contribution in [0.4, 0.5) is 0 Å². The lowest BCUT2D eigenvalue weighted by atomic mass is 10.1. The monoisotopic (exact) mass is 662 g/mol. The Balaban J connectivity index is 0.000000610. The van der Waals surface area contributed by atoms with Crippen LogP contribution in [-0.2, 0) is 71.6 Å². The van der Waals surface area contributed by atoms with E-state index in [0.717, 1.165) is 25.2 Å². The first-order valence-electron chi connectivity index (χ1n) is 15.9. The van der Waals surface area contributed by atoms with Gasteiger partial charge in [-0.1, -0.05) is 104 Å². The topological polar surface area (TPSA) is 99.0 Å². The molecule has 4 rings (SSSR count). The molecule has 0 radical (unpaired) electrons. The zero-order valence-corrected chi connectivity index (χ0v) is 29.6. The van der Waals surface area contributed by atoms with E-state index in [9.17, 15) is 0 Å². The highest BCUT2D eigenvalue weighted by molar-refractivity contribution is 5.24. The van der Waals surface area contributed by atoms with E-state index < -0.39 is 0 Å². The Labute approximate surface area is 291 Å². The second-order valence-electron chi connectivity index (χ2n) is 10.8. The summed E-state index contributed by atoms with van der Waals surface area (Å²) in [7, 11) is 12.7. The van der Waals surface area contributed by atoms with Crippen LogP contribution in [0.1, 0.15) is 51.9 Å². The van der Waals surface area contributed by atoms with Crippen molar-refractivity contribution in [2.24, 2.45) is 5.73 Å². The second kappa shape index (κ2) is 29.7. The van der Waals surface area contributed by atoms with Gasteiger partial charge in [-0.05, 0) is 65.7 Å². The van der Waals surface area contributed by atoms with E-state index in [4.69, 9.17) is 24.7 Å². The van der Waals surface area contributed by atoms with Crippen molar-refractivity contribution >= 4 is 0 Å². The van der Waals surface area contributed by atoms with Crippen LogP contribution in [0, 0.1) is 0 Å². The van der Waals surface area contributed by atoms with Crippen LogP contribution >= 0.6 is 0 Å². The maximum Gasteiger partial charge on any atom is 0.0713 e. The molecule has 0 saturated heterocycles. The smallest absolute Gasteiger partial charge is 0.0713 e. The molecule has 5 N–H and O–H groups in total. The Bertz CT molecular complexity index is 1070. The van der Waals surface area contributed by atoms with Gasteiger partial charge in [0.1, 0.15) is 0 Å². The van der Waals surface area contributed by atoms with Gasteiger partial charge in [0.2, 0.25) is 0 Å². The SMILES string of the molecule is C.CNCc1ccc(CNC)cc1.CNCc1ccc(COC)cc1.COCc1ccc(CN)cc1.COCc1ccc(COC)cc1. The van der Waals surface area contributed by atoms with Gasteiger partial charge in [0.25, 0.3) is 0 Å². The number of rotatable bonds is 15. The van der Waals surface area contributed by atoms with Crippen molar-refractivity contribution in [3.63, 3.8) is 0 Å². The molecule has 0 heterocycles. The molecule has 0 aliphatic carbocycles. The Morgan fingerprint density at radius 1 is 0.375 bits per heavy atom. The van der Waals surface area contributed by atoms with Crippen molar-refractivity contribution in [1.82, 2.24) is 16.0 Å². The van der Waals surface area contributed by atoms with Crippen LogP contribution in [-0.4, -0.2) is 49.6 Å². The number of nitrogens with two attached hydrogens (primary N) is 1. The summed E-state index contributed by atoms with van der Waals surface area (Å²) in [5.74, 6) is 0. The maximum atomic E-state index is 5.44. The molecule has 0 aromatic heterocycles. The van der Waals surface area contributed by atoms with Gasteiger partial charge in [-0.25, -0.2) is 0 Å². The van der Waals surface area contributed by atoms with Crippen molar-refractivity contribution in [1.29, 1.82) is 0 Å². The third-order valence-electron chi connectivity index (χ3n) is 6.71. The van der Waals surface area contributed by atoms with Crippen molar-refractivity contribution in [2.75, 3.05) is 49.6 Å². The van der Waals surface area contributed by atoms with E-state index >= 15 is 0 Å². The highest BCUT2D eigenvalue weighted by Crippen LogP contribution is 2.07. The minimum absolute atomic E-state index is 0. The molecule has 0 fully saturated rings. The summed E-state index contributed by atoms with van der Waals surface area (Å²) in [6.07, 6.45) is 0. The molecule has 0 spiro atoms. The molecule has 8 heteroatoms. The molecule has 4 aromatic rings. The lowest BCUT2D eigenvalue weighted by Gasteiger charge is -2.02. The van der Waals surface area contributed by atoms with Crippen LogP contribution < -0.4 is 21.7 Å². The third kappa shape index (κ3) is 20.7. The Hall–Kier alpha value is -3.44. The standard InChI is InChI=1S/C10H16N2.C10H15NO.C10H14O2.C9H13NO.CH4/c3*1-11-7-9-3-5-10(6-4-9)8-12-2;1-11-7-9-4-2-8(6-10)3-5-9;/h3-6,11-12H,7-8H2,1-2H3;3-6,11H,7-8H2,1-2H3;3-6H,7-8H2,1-2H3;2-5H,6-7,10H2,1H3;1H4. The van der Waals surface area contributed by atoms with Gasteiger partial charge in [0.15, 0.2) is 0 Å². The Kier molecular flexibility index (Phi) is 27.6. The van der Waals surface area contributed by atoms with Crippen molar-refractivity contribution in [3.8, 4) is 0 Å². The van der Waals surface area contributed by atoms with E-state index in [1.165, 1.54) is 38.9 Å². The second-order valence-corrected chi connectivity index (χ2v) is 10.8. The van der Waals surface area contributed by atoms with E-state index in [0.29, 0.717) is 33.0 Å². The fourth-order valence-electron chi connectivity index (χ4n) is 4.31. The molecule has 48 heavy (non-hydrogen) atoms. The number of hydrogen-bond donors (Lipinski definition) is 4. The Morgan fingerprint density at radius 2 is 0.562 bits per heavy atom. The van der Waals surface area contributed by atoms with Gasteiger partial charge < -0.3 is 40.6 Å². The van der Waals surface area contributed by atoms with Gasteiger partial charge in [-0.15, -0.1) is 0 Å². The van der Waals surface area contributed by atoms with E-state index in [1.807, 2.05) is 45.4 Å². The molecule has 0 aliphatic rings. The number of ether oxygens (including phenoxy) is 4.